The maximum atomic E-state index is 11.3. The number of nitrogens with one attached hydrogen (secondary N) is 1. The van der Waals surface area contributed by atoms with Gasteiger partial charge >= 0.3 is 0 Å². The van der Waals surface area contributed by atoms with E-state index >= 15 is 0 Å². The molecule has 0 aliphatic heterocycles. The van der Waals surface area contributed by atoms with E-state index in [1.807, 2.05) is 6.92 Å². The van der Waals surface area contributed by atoms with Gasteiger partial charge in [0.15, 0.2) is 0 Å². The minimum Gasteiger partial charge on any atom is -0.349 e. The molecule has 0 aromatic carbocycles. The van der Waals surface area contributed by atoms with E-state index in [1.165, 1.54) is 0 Å². The Morgan fingerprint density at radius 2 is 2.24 bits per heavy atom. The maximum absolute atomic E-state index is 11.3. The van der Waals surface area contributed by atoms with Crippen LogP contribution in [0.5, 0.6) is 0 Å². The summed E-state index contributed by atoms with van der Waals surface area (Å²) in [4.78, 5) is 17.3. The van der Waals surface area contributed by atoms with E-state index in [2.05, 4.69) is 15.7 Å². The molecule has 5 heteroatoms. The van der Waals surface area contributed by atoms with Gasteiger partial charge in [0.05, 0.1) is 10.7 Å². The van der Waals surface area contributed by atoms with Crippen molar-refractivity contribution >= 4 is 17.2 Å². The molecule has 4 nitrogen and oxygen atoms in total. The van der Waals surface area contributed by atoms with Gasteiger partial charge in [-0.2, -0.15) is 0 Å². The van der Waals surface area contributed by atoms with Gasteiger partial charge in [0, 0.05) is 38.9 Å². The monoisotopic (exact) mass is 255 g/mol. The number of rotatable bonds is 7. The molecular formula is C12H21N3OS. The molecule has 1 aromatic rings. The summed E-state index contributed by atoms with van der Waals surface area (Å²) in [5.74, 6) is 0.196. The molecule has 0 aliphatic rings. The van der Waals surface area contributed by atoms with Gasteiger partial charge in [0.2, 0.25) is 5.91 Å². The summed E-state index contributed by atoms with van der Waals surface area (Å²) in [6.45, 7) is 3.84. The van der Waals surface area contributed by atoms with Gasteiger partial charge in [-0.1, -0.05) is 0 Å². The normalized spacial score (nSPS) is 10.5. The molecule has 0 saturated heterocycles. The molecule has 0 fully saturated rings. The minimum absolute atomic E-state index is 0.196. The molecule has 1 N–H and O–H groups in total. The van der Waals surface area contributed by atoms with Gasteiger partial charge in [0.1, 0.15) is 0 Å². The molecule has 0 atom stereocenters. The number of amides is 1. The zero-order valence-electron chi connectivity index (χ0n) is 10.8. The van der Waals surface area contributed by atoms with Crippen molar-refractivity contribution in [2.45, 2.75) is 26.2 Å². The predicted molar refractivity (Wildman–Crippen MR) is 71.4 cm³/mol. The van der Waals surface area contributed by atoms with Gasteiger partial charge in [0.25, 0.3) is 0 Å². The fraction of sp³-hybridized carbons (Fsp3) is 0.667. The number of carbonyl (C=O) groups excluding carboxylic acids is 1. The molecular weight excluding hydrogens is 234 g/mol. The van der Waals surface area contributed by atoms with Gasteiger partial charge in [-0.25, -0.2) is 4.98 Å². The first-order valence-electron chi connectivity index (χ1n) is 5.91. The van der Waals surface area contributed by atoms with E-state index in [0.29, 0.717) is 6.42 Å². The molecule has 1 rings (SSSR count). The van der Waals surface area contributed by atoms with Crippen LogP contribution in [0, 0.1) is 6.92 Å². The molecule has 0 unspecified atom stereocenters. The fourth-order valence-corrected chi connectivity index (χ4v) is 2.10. The number of aromatic nitrogens is 1. The van der Waals surface area contributed by atoms with Crippen LogP contribution in [0.2, 0.25) is 0 Å². The molecule has 17 heavy (non-hydrogen) atoms. The van der Waals surface area contributed by atoms with Crippen molar-refractivity contribution in [3.63, 3.8) is 0 Å². The number of carbonyl (C=O) groups is 1. The van der Waals surface area contributed by atoms with Crippen LogP contribution in [0.4, 0.5) is 0 Å². The highest BCUT2D eigenvalue weighted by atomic mass is 32.1. The topological polar surface area (TPSA) is 45.2 Å². The van der Waals surface area contributed by atoms with Crippen molar-refractivity contribution < 1.29 is 4.79 Å². The highest BCUT2D eigenvalue weighted by Gasteiger charge is 2.02. The third-order valence-corrected chi connectivity index (χ3v) is 3.29. The van der Waals surface area contributed by atoms with Crippen molar-refractivity contribution in [3.8, 4) is 0 Å². The van der Waals surface area contributed by atoms with Crippen molar-refractivity contribution in [1.29, 1.82) is 0 Å². The average molecular weight is 255 g/mol. The van der Waals surface area contributed by atoms with E-state index in [0.717, 1.165) is 36.6 Å². The Labute approximate surface area is 107 Å². The first kappa shape index (κ1) is 14.1. The lowest BCUT2D eigenvalue weighted by Gasteiger charge is -2.09. The molecule has 0 radical (unpaired) electrons. The Hall–Kier alpha value is -0.940. The second kappa shape index (κ2) is 7.40. The van der Waals surface area contributed by atoms with Gasteiger partial charge < -0.3 is 10.2 Å². The number of hydrogen-bond donors (Lipinski definition) is 1. The maximum Gasteiger partial charge on any atom is 0.222 e. The zero-order valence-corrected chi connectivity index (χ0v) is 11.6. The van der Waals surface area contributed by atoms with Gasteiger partial charge in [-0.15, -0.1) is 11.3 Å². The number of aryl methyl sites for hydroxylation is 1. The fourth-order valence-electron chi connectivity index (χ4n) is 1.45. The molecule has 1 heterocycles. The Morgan fingerprint density at radius 1 is 1.47 bits per heavy atom. The summed E-state index contributed by atoms with van der Waals surface area (Å²) in [6.07, 6.45) is 2.48. The first-order valence-corrected chi connectivity index (χ1v) is 6.79. The third kappa shape index (κ3) is 5.79. The largest absolute Gasteiger partial charge is 0.349 e. The van der Waals surface area contributed by atoms with Crippen molar-refractivity contribution in [3.05, 3.63) is 16.1 Å². The van der Waals surface area contributed by atoms with Gasteiger partial charge in [-0.3, -0.25) is 4.79 Å². The van der Waals surface area contributed by atoms with Crippen LogP contribution < -0.4 is 5.32 Å². The van der Waals surface area contributed by atoms with Crippen LogP contribution in [0.25, 0.3) is 0 Å². The molecule has 1 amide bonds. The van der Waals surface area contributed by atoms with Crippen LogP contribution in [-0.2, 0) is 11.2 Å². The SMILES string of the molecule is Cc1nc(CCNCCCC(=O)N(C)C)cs1. The number of nitrogens with zero attached hydrogens (tertiary/aromatic N) is 2. The number of hydrogen-bond acceptors (Lipinski definition) is 4. The van der Waals surface area contributed by atoms with E-state index < -0.39 is 0 Å². The molecule has 96 valence electrons. The zero-order chi connectivity index (χ0) is 12.7. The Morgan fingerprint density at radius 3 is 2.82 bits per heavy atom. The number of thiazole rings is 1. The second-order valence-corrected chi connectivity index (χ2v) is 5.31. The summed E-state index contributed by atoms with van der Waals surface area (Å²) in [5, 5.41) is 6.56. The summed E-state index contributed by atoms with van der Waals surface area (Å²) < 4.78 is 0. The highest BCUT2D eigenvalue weighted by molar-refractivity contribution is 7.09. The van der Waals surface area contributed by atoms with Crippen LogP contribution in [0.1, 0.15) is 23.5 Å². The Bertz CT molecular complexity index is 349. The average Bonchev–Trinajstić information content (AvgIpc) is 2.68. The summed E-state index contributed by atoms with van der Waals surface area (Å²) in [6, 6.07) is 0. The van der Waals surface area contributed by atoms with Crippen LogP contribution in [0.15, 0.2) is 5.38 Å². The van der Waals surface area contributed by atoms with Crippen LogP contribution in [-0.4, -0.2) is 43.0 Å². The van der Waals surface area contributed by atoms with Crippen molar-refractivity contribution in [2.75, 3.05) is 27.2 Å². The molecule has 0 bridgehead atoms. The van der Waals surface area contributed by atoms with E-state index in [9.17, 15) is 4.79 Å². The lowest BCUT2D eigenvalue weighted by atomic mass is 10.2. The van der Waals surface area contributed by atoms with E-state index in [1.54, 1.807) is 30.3 Å². The molecule has 1 aromatic heterocycles. The van der Waals surface area contributed by atoms with E-state index in [-0.39, 0.29) is 5.91 Å². The highest BCUT2D eigenvalue weighted by Crippen LogP contribution is 2.07. The minimum atomic E-state index is 0.196. The Kier molecular flexibility index (Phi) is 6.15. The molecule has 0 saturated carbocycles. The quantitative estimate of drug-likeness (QED) is 0.750. The van der Waals surface area contributed by atoms with Crippen molar-refractivity contribution in [2.24, 2.45) is 0 Å². The van der Waals surface area contributed by atoms with E-state index in [4.69, 9.17) is 0 Å². The van der Waals surface area contributed by atoms with Crippen molar-refractivity contribution in [1.82, 2.24) is 15.2 Å². The predicted octanol–water partition coefficient (Wildman–Crippen LogP) is 1.45. The molecule has 0 spiro atoms. The summed E-state index contributed by atoms with van der Waals surface area (Å²) in [5.41, 5.74) is 1.16. The smallest absolute Gasteiger partial charge is 0.222 e. The summed E-state index contributed by atoms with van der Waals surface area (Å²) >= 11 is 1.69. The molecule has 0 aliphatic carbocycles. The van der Waals surface area contributed by atoms with Gasteiger partial charge in [-0.05, 0) is 19.9 Å². The second-order valence-electron chi connectivity index (χ2n) is 4.25. The lowest BCUT2D eigenvalue weighted by Crippen LogP contribution is -2.24. The lowest BCUT2D eigenvalue weighted by molar-refractivity contribution is -0.128. The Balaban J connectivity index is 2.00. The summed E-state index contributed by atoms with van der Waals surface area (Å²) in [7, 11) is 3.58. The third-order valence-electron chi connectivity index (χ3n) is 2.47. The first-order chi connectivity index (χ1) is 8.09. The standard InChI is InChI=1S/C12H21N3OS/c1-10-14-11(9-17-10)6-8-13-7-4-5-12(16)15(2)3/h9,13H,4-8H2,1-3H3. The van der Waals surface area contributed by atoms with Crippen LogP contribution in [0.3, 0.4) is 0 Å². The van der Waals surface area contributed by atoms with Crippen LogP contribution >= 0.6 is 11.3 Å².